The molecule has 1 fully saturated rings. The highest BCUT2D eigenvalue weighted by Crippen LogP contribution is 2.26. The van der Waals surface area contributed by atoms with Crippen molar-refractivity contribution < 1.29 is 0 Å². The third-order valence-electron chi connectivity index (χ3n) is 4.89. The molecule has 2 heterocycles. The Balaban J connectivity index is 1.61. The summed E-state index contributed by atoms with van der Waals surface area (Å²) in [6.45, 7) is 6.83. The summed E-state index contributed by atoms with van der Waals surface area (Å²) >= 11 is 1.65. The number of rotatable bonds is 6. The van der Waals surface area contributed by atoms with Crippen molar-refractivity contribution in [2.45, 2.75) is 51.6 Å². The maximum Gasteiger partial charge on any atom is 0.0811 e. The molecule has 0 radical (unpaired) electrons. The molecule has 1 aliphatic heterocycles. The molecule has 1 saturated heterocycles. The lowest BCUT2D eigenvalue weighted by Gasteiger charge is -2.35. The quantitative estimate of drug-likeness (QED) is 0.842. The number of piperidine rings is 1. The van der Waals surface area contributed by atoms with Gasteiger partial charge in [-0.05, 0) is 37.8 Å². The minimum absolute atomic E-state index is 0.679. The van der Waals surface area contributed by atoms with E-state index in [1.165, 1.54) is 36.9 Å². The van der Waals surface area contributed by atoms with Gasteiger partial charge in [0.05, 0.1) is 11.2 Å². The van der Waals surface area contributed by atoms with Crippen LogP contribution in [0.3, 0.4) is 0 Å². The summed E-state index contributed by atoms with van der Waals surface area (Å²) in [5.41, 5.74) is 5.54. The van der Waals surface area contributed by atoms with E-state index in [9.17, 15) is 0 Å². The van der Waals surface area contributed by atoms with Crippen molar-refractivity contribution in [3.05, 3.63) is 35.2 Å². The van der Waals surface area contributed by atoms with E-state index >= 15 is 0 Å². The van der Waals surface area contributed by atoms with E-state index in [1.807, 2.05) is 5.51 Å². The maximum atomic E-state index is 4.43. The van der Waals surface area contributed by atoms with Crippen LogP contribution in [0.2, 0.25) is 0 Å². The molecule has 1 aromatic heterocycles. The van der Waals surface area contributed by atoms with E-state index in [2.05, 4.69) is 58.7 Å². The lowest BCUT2D eigenvalue weighted by molar-refractivity contribution is 0.354. The van der Waals surface area contributed by atoms with Crippen molar-refractivity contribution in [3.8, 4) is 11.3 Å². The standard InChI is InChI=1S/C19H27N3S/c1-3-16(4-2)21-17-8-10-22(11-9-17)18-7-5-6-15(12-18)19-13-23-14-20-19/h5-7,12-14,16-17,21H,3-4,8-11H2,1-2H3. The zero-order valence-corrected chi connectivity index (χ0v) is 15.0. The van der Waals surface area contributed by atoms with Gasteiger partial charge in [0.2, 0.25) is 0 Å². The Kier molecular flexibility index (Phi) is 5.68. The van der Waals surface area contributed by atoms with E-state index in [-0.39, 0.29) is 0 Å². The molecule has 23 heavy (non-hydrogen) atoms. The topological polar surface area (TPSA) is 28.2 Å². The molecule has 3 nitrogen and oxygen atoms in total. The lowest BCUT2D eigenvalue weighted by Crippen LogP contribution is -2.46. The van der Waals surface area contributed by atoms with Crippen molar-refractivity contribution in [3.63, 3.8) is 0 Å². The van der Waals surface area contributed by atoms with Crippen LogP contribution in [0.1, 0.15) is 39.5 Å². The first kappa shape index (κ1) is 16.5. The SMILES string of the molecule is CCC(CC)NC1CCN(c2cccc(-c3cscn3)c2)CC1. The van der Waals surface area contributed by atoms with Gasteiger partial charge in [-0.25, -0.2) is 4.98 Å². The molecular weight excluding hydrogens is 302 g/mol. The van der Waals surface area contributed by atoms with Gasteiger partial charge in [-0.15, -0.1) is 11.3 Å². The second-order valence-electron chi connectivity index (χ2n) is 6.37. The second-order valence-corrected chi connectivity index (χ2v) is 7.08. The van der Waals surface area contributed by atoms with Crippen LogP contribution in [-0.4, -0.2) is 30.2 Å². The van der Waals surface area contributed by atoms with Gasteiger partial charge in [0.15, 0.2) is 0 Å². The van der Waals surface area contributed by atoms with Crippen LogP contribution in [0, 0.1) is 0 Å². The van der Waals surface area contributed by atoms with E-state index in [4.69, 9.17) is 0 Å². The van der Waals surface area contributed by atoms with Gasteiger partial charge in [0, 0.05) is 41.8 Å². The van der Waals surface area contributed by atoms with Crippen molar-refractivity contribution in [2.75, 3.05) is 18.0 Å². The molecule has 0 saturated carbocycles. The number of anilines is 1. The minimum atomic E-state index is 0.679. The summed E-state index contributed by atoms with van der Waals surface area (Å²) in [6.07, 6.45) is 4.92. The van der Waals surface area contributed by atoms with Crippen LogP contribution in [0.15, 0.2) is 35.2 Å². The number of hydrogen-bond acceptors (Lipinski definition) is 4. The largest absolute Gasteiger partial charge is 0.371 e. The smallest absolute Gasteiger partial charge is 0.0811 e. The summed E-state index contributed by atoms with van der Waals surface area (Å²) < 4.78 is 0. The fourth-order valence-electron chi connectivity index (χ4n) is 3.38. The highest BCUT2D eigenvalue weighted by Gasteiger charge is 2.21. The average Bonchev–Trinajstić information content (AvgIpc) is 3.15. The van der Waals surface area contributed by atoms with Crippen molar-refractivity contribution in [1.82, 2.24) is 10.3 Å². The Labute approximate surface area is 143 Å². The molecule has 2 aromatic rings. The normalized spacial score (nSPS) is 16.2. The summed E-state index contributed by atoms with van der Waals surface area (Å²) in [5, 5.41) is 5.94. The predicted octanol–water partition coefficient (Wildman–Crippen LogP) is 4.56. The molecule has 0 aliphatic carbocycles. The number of nitrogens with one attached hydrogen (secondary N) is 1. The van der Waals surface area contributed by atoms with Crippen LogP contribution in [0.25, 0.3) is 11.3 Å². The van der Waals surface area contributed by atoms with Gasteiger partial charge in [-0.1, -0.05) is 26.0 Å². The van der Waals surface area contributed by atoms with Crippen LogP contribution in [-0.2, 0) is 0 Å². The Bertz CT molecular complexity index is 584. The summed E-state index contributed by atoms with van der Waals surface area (Å²) in [7, 11) is 0. The molecule has 1 N–H and O–H groups in total. The summed E-state index contributed by atoms with van der Waals surface area (Å²) in [4.78, 5) is 6.94. The number of aromatic nitrogens is 1. The molecule has 0 amide bonds. The summed E-state index contributed by atoms with van der Waals surface area (Å²) in [6, 6.07) is 10.2. The number of thiazole rings is 1. The zero-order valence-electron chi connectivity index (χ0n) is 14.2. The van der Waals surface area contributed by atoms with E-state index in [1.54, 1.807) is 11.3 Å². The molecule has 0 spiro atoms. The lowest BCUT2D eigenvalue weighted by atomic mass is 10.0. The van der Waals surface area contributed by atoms with E-state index in [0.717, 1.165) is 18.8 Å². The number of nitrogens with zero attached hydrogens (tertiary/aromatic N) is 2. The molecule has 3 rings (SSSR count). The molecule has 0 bridgehead atoms. The third-order valence-corrected chi connectivity index (χ3v) is 5.48. The monoisotopic (exact) mass is 329 g/mol. The van der Waals surface area contributed by atoms with Crippen LogP contribution >= 0.6 is 11.3 Å². The summed E-state index contributed by atoms with van der Waals surface area (Å²) in [5.74, 6) is 0. The number of hydrogen-bond donors (Lipinski definition) is 1. The molecule has 0 unspecified atom stereocenters. The molecule has 0 atom stereocenters. The fraction of sp³-hybridized carbons (Fsp3) is 0.526. The van der Waals surface area contributed by atoms with Gasteiger partial charge < -0.3 is 10.2 Å². The van der Waals surface area contributed by atoms with E-state index < -0.39 is 0 Å². The highest BCUT2D eigenvalue weighted by atomic mass is 32.1. The van der Waals surface area contributed by atoms with Crippen molar-refractivity contribution in [2.24, 2.45) is 0 Å². The first-order chi connectivity index (χ1) is 11.3. The third kappa shape index (κ3) is 4.12. The van der Waals surface area contributed by atoms with Gasteiger partial charge in [0.1, 0.15) is 0 Å². The Hall–Kier alpha value is -1.39. The molecule has 124 valence electrons. The first-order valence-corrected chi connectivity index (χ1v) is 9.74. The van der Waals surface area contributed by atoms with Crippen molar-refractivity contribution in [1.29, 1.82) is 0 Å². The molecule has 4 heteroatoms. The molecular formula is C19H27N3S. The maximum absolute atomic E-state index is 4.43. The van der Waals surface area contributed by atoms with Gasteiger partial charge in [0.25, 0.3) is 0 Å². The Morgan fingerprint density at radius 1 is 1.26 bits per heavy atom. The van der Waals surface area contributed by atoms with Crippen LogP contribution < -0.4 is 10.2 Å². The Morgan fingerprint density at radius 2 is 2.04 bits per heavy atom. The van der Waals surface area contributed by atoms with Crippen LogP contribution in [0.4, 0.5) is 5.69 Å². The van der Waals surface area contributed by atoms with Gasteiger partial charge in [-0.2, -0.15) is 0 Å². The van der Waals surface area contributed by atoms with E-state index in [0.29, 0.717) is 12.1 Å². The second kappa shape index (κ2) is 7.93. The number of benzene rings is 1. The fourth-order valence-corrected chi connectivity index (χ4v) is 3.94. The van der Waals surface area contributed by atoms with Crippen molar-refractivity contribution >= 4 is 17.0 Å². The minimum Gasteiger partial charge on any atom is -0.371 e. The highest BCUT2D eigenvalue weighted by molar-refractivity contribution is 7.07. The zero-order chi connectivity index (χ0) is 16.1. The Morgan fingerprint density at radius 3 is 2.70 bits per heavy atom. The van der Waals surface area contributed by atoms with Gasteiger partial charge in [-0.3, -0.25) is 0 Å². The average molecular weight is 330 g/mol. The van der Waals surface area contributed by atoms with Gasteiger partial charge >= 0.3 is 0 Å². The predicted molar refractivity (Wildman–Crippen MR) is 100 cm³/mol. The molecule has 1 aliphatic rings. The van der Waals surface area contributed by atoms with Crippen LogP contribution in [0.5, 0.6) is 0 Å². The first-order valence-electron chi connectivity index (χ1n) is 8.79. The molecule has 1 aromatic carbocycles.